The predicted molar refractivity (Wildman–Crippen MR) is 68.9 cm³/mol. The summed E-state index contributed by atoms with van der Waals surface area (Å²) in [5, 5.41) is 0. The van der Waals surface area contributed by atoms with Crippen LogP contribution in [0.2, 0.25) is 0 Å². The molecule has 0 fully saturated rings. The van der Waals surface area contributed by atoms with E-state index in [1.807, 2.05) is 21.1 Å². The van der Waals surface area contributed by atoms with Crippen molar-refractivity contribution in [2.24, 2.45) is 0 Å². The molecule has 0 heterocycles. The Morgan fingerprint density at radius 2 is 1.41 bits per heavy atom. The van der Waals surface area contributed by atoms with Crippen LogP contribution < -0.4 is 0 Å². The monoisotopic (exact) mass is 268 g/mol. The number of likely N-dealkylation sites (N-methyl/N-ethyl adjacent to an activating group) is 1. The molecule has 0 radical (unpaired) electrons. The number of rotatable bonds is 8. The Labute approximate surface area is 105 Å². The lowest BCUT2D eigenvalue weighted by atomic mass is 10.5. The fourth-order valence-corrected chi connectivity index (χ4v) is 2.54. The van der Waals surface area contributed by atoms with Gasteiger partial charge in [0.05, 0.1) is 33.4 Å². The van der Waals surface area contributed by atoms with Gasteiger partial charge in [0, 0.05) is 0 Å². The van der Waals surface area contributed by atoms with Crippen LogP contribution in [0, 0.1) is 0 Å². The number of phosphoric ester groups is 1. The zero-order valence-electron chi connectivity index (χ0n) is 12.1. The third kappa shape index (κ3) is 9.74. The van der Waals surface area contributed by atoms with E-state index in [4.69, 9.17) is 13.6 Å². The molecule has 0 saturated carbocycles. The summed E-state index contributed by atoms with van der Waals surface area (Å²) in [5.74, 6) is 0. The van der Waals surface area contributed by atoms with Gasteiger partial charge in [0.25, 0.3) is 0 Å². The average Bonchev–Trinajstić information content (AvgIpc) is 1.95. The van der Waals surface area contributed by atoms with Crippen molar-refractivity contribution >= 4 is 7.82 Å². The Kier molecular flexibility index (Phi) is 6.89. The van der Waals surface area contributed by atoms with Gasteiger partial charge in [0.2, 0.25) is 0 Å². The lowest BCUT2D eigenvalue weighted by molar-refractivity contribution is -0.870. The first-order valence-corrected chi connectivity index (χ1v) is 7.42. The highest BCUT2D eigenvalue weighted by Gasteiger charge is 2.30. The highest BCUT2D eigenvalue weighted by atomic mass is 31.2. The molecule has 0 rings (SSSR count). The quantitative estimate of drug-likeness (QED) is 0.501. The van der Waals surface area contributed by atoms with Crippen molar-refractivity contribution in [1.29, 1.82) is 0 Å². The summed E-state index contributed by atoms with van der Waals surface area (Å²) in [7, 11) is 2.70. The molecular weight excluding hydrogens is 241 g/mol. The maximum atomic E-state index is 12.2. The van der Waals surface area contributed by atoms with Crippen LogP contribution in [0.3, 0.4) is 0 Å². The maximum absolute atomic E-state index is 12.2. The van der Waals surface area contributed by atoms with Crippen molar-refractivity contribution in [1.82, 2.24) is 0 Å². The highest BCUT2D eigenvalue weighted by molar-refractivity contribution is 7.48. The summed E-state index contributed by atoms with van der Waals surface area (Å²) in [6.07, 6.45) is -0.382. The van der Waals surface area contributed by atoms with Gasteiger partial charge in [0.15, 0.2) is 0 Å². The Morgan fingerprint density at radius 3 is 1.71 bits per heavy atom. The van der Waals surface area contributed by atoms with Crippen molar-refractivity contribution in [3.63, 3.8) is 0 Å². The second-order valence-electron chi connectivity index (χ2n) is 5.60. The Balaban J connectivity index is 4.34. The molecule has 6 heteroatoms. The molecule has 0 aliphatic carbocycles. The van der Waals surface area contributed by atoms with Crippen molar-refractivity contribution in [3.05, 3.63) is 0 Å². The fourth-order valence-electron chi connectivity index (χ4n) is 1.03. The first-order chi connectivity index (χ1) is 7.54. The average molecular weight is 268 g/mol. The molecule has 0 amide bonds. The van der Waals surface area contributed by atoms with Gasteiger partial charge in [-0.15, -0.1) is 0 Å². The minimum Gasteiger partial charge on any atom is -0.329 e. The Hall–Kier alpha value is 0.0700. The van der Waals surface area contributed by atoms with Gasteiger partial charge in [-0.3, -0.25) is 13.6 Å². The molecule has 0 saturated heterocycles. The van der Waals surface area contributed by atoms with Crippen LogP contribution in [0.25, 0.3) is 0 Å². The summed E-state index contributed by atoms with van der Waals surface area (Å²) in [6, 6.07) is 0. The van der Waals surface area contributed by atoms with Crippen LogP contribution in [-0.4, -0.2) is 51.0 Å². The molecule has 17 heavy (non-hydrogen) atoms. The molecule has 0 N–H and O–H groups in total. The topological polar surface area (TPSA) is 44.8 Å². The normalized spacial score (nSPS) is 13.7. The van der Waals surface area contributed by atoms with E-state index in [9.17, 15) is 4.57 Å². The second kappa shape index (κ2) is 6.86. The zero-order valence-corrected chi connectivity index (χ0v) is 13.0. The number of hydrogen-bond acceptors (Lipinski definition) is 4. The number of nitrogens with zero attached hydrogens (tertiary/aromatic N) is 1. The fraction of sp³-hybridized carbons (Fsp3) is 1.00. The van der Waals surface area contributed by atoms with Crippen molar-refractivity contribution in [2.75, 3.05) is 34.3 Å². The first kappa shape index (κ1) is 17.1. The van der Waals surface area contributed by atoms with Crippen molar-refractivity contribution in [2.45, 2.75) is 39.9 Å². The lowest BCUT2D eigenvalue weighted by Crippen LogP contribution is -2.37. The Morgan fingerprint density at radius 1 is 1.00 bits per heavy atom. The number of phosphoric acid groups is 1. The third-order valence-corrected chi connectivity index (χ3v) is 3.55. The zero-order chi connectivity index (χ0) is 13.7. The number of hydrogen-bond donors (Lipinski definition) is 0. The molecule has 0 aromatic carbocycles. The van der Waals surface area contributed by atoms with Crippen LogP contribution in [0.5, 0.6) is 0 Å². The first-order valence-electron chi connectivity index (χ1n) is 5.96. The van der Waals surface area contributed by atoms with E-state index in [0.717, 1.165) is 11.0 Å². The largest absolute Gasteiger partial charge is 0.475 e. The van der Waals surface area contributed by atoms with Crippen LogP contribution in [0.4, 0.5) is 0 Å². The van der Waals surface area contributed by atoms with Crippen molar-refractivity contribution < 1.29 is 22.6 Å². The minimum absolute atomic E-state index is 0.191. The number of quaternary nitrogens is 1. The molecule has 0 aliphatic heterocycles. The van der Waals surface area contributed by atoms with Gasteiger partial charge in [0.1, 0.15) is 13.2 Å². The van der Waals surface area contributed by atoms with Gasteiger partial charge < -0.3 is 4.48 Å². The lowest BCUT2D eigenvalue weighted by Gasteiger charge is -2.26. The van der Waals surface area contributed by atoms with Gasteiger partial charge in [-0.2, -0.15) is 0 Å². The molecule has 0 aromatic rings. The van der Waals surface area contributed by atoms with E-state index in [-0.39, 0.29) is 12.2 Å². The highest BCUT2D eigenvalue weighted by Crippen LogP contribution is 2.51. The van der Waals surface area contributed by atoms with Gasteiger partial charge >= 0.3 is 7.82 Å². The molecule has 104 valence electrons. The summed E-state index contributed by atoms with van der Waals surface area (Å²) < 4.78 is 28.8. The molecule has 0 aliphatic rings. The van der Waals surface area contributed by atoms with Crippen molar-refractivity contribution in [3.8, 4) is 0 Å². The molecule has 0 bridgehead atoms. The molecule has 0 atom stereocenters. The maximum Gasteiger partial charge on any atom is 0.475 e. The third-order valence-electron chi connectivity index (χ3n) is 1.69. The van der Waals surface area contributed by atoms with E-state index >= 15 is 0 Å². The van der Waals surface area contributed by atoms with E-state index in [2.05, 4.69) is 0 Å². The molecule has 0 unspecified atom stereocenters. The minimum atomic E-state index is -3.43. The van der Waals surface area contributed by atoms with Crippen LogP contribution >= 0.6 is 7.82 Å². The molecule has 0 aromatic heterocycles. The summed E-state index contributed by atoms with van der Waals surface area (Å²) >= 11 is 0. The van der Waals surface area contributed by atoms with Crippen LogP contribution in [0.15, 0.2) is 0 Å². The Bertz CT molecular complexity index is 247. The van der Waals surface area contributed by atoms with Crippen LogP contribution in [0.1, 0.15) is 27.7 Å². The molecule has 0 spiro atoms. The standard InChI is InChI=1S/C11H27NO4P/c1-10(2)15-17(13,16-11(3)4)14-9-8-12(5,6)7/h10-11H,8-9H2,1-7H3/q+1. The summed E-state index contributed by atoms with van der Waals surface area (Å²) in [5.41, 5.74) is 0. The van der Waals surface area contributed by atoms with Gasteiger partial charge in [-0.25, -0.2) is 4.57 Å². The van der Waals surface area contributed by atoms with Gasteiger partial charge in [-0.1, -0.05) is 0 Å². The predicted octanol–water partition coefficient (Wildman–Crippen LogP) is 2.67. The van der Waals surface area contributed by atoms with E-state index < -0.39 is 7.82 Å². The summed E-state index contributed by atoms with van der Waals surface area (Å²) in [6.45, 7) is 8.31. The molecule has 5 nitrogen and oxygen atoms in total. The second-order valence-corrected chi connectivity index (χ2v) is 7.18. The smallest absolute Gasteiger partial charge is 0.329 e. The van der Waals surface area contributed by atoms with Gasteiger partial charge in [-0.05, 0) is 27.7 Å². The molecular formula is C11H27NO4P+. The van der Waals surface area contributed by atoms with E-state index in [1.54, 1.807) is 27.7 Å². The van der Waals surface area contributed by atoms with E-state index in [1.165, 1.54) is 0 Å². The van der Waals surface area contributed by atoms with Crippen LogP contribution in [-0.2, 0) is 18.1 Å². The van der Waals surface area contributed by atoms with E-state index in [0.29, 0.717) is 6.61 Å². The summed E-state index contributed by atoms with van der Waals surface area (Å²) in [4.78, 5) is 0. The SMILES string of the molecule is CC(C)OP(=O)(OCC[N+](C)(C)C)OC(C)C.